The Hall–Kier alpha value is -1.69. The van der Waals surface area contributed by atoms with Crippen molar-refractivity contribution in [2.75, 3.05) is 11.9 Å². The molecule has 0 aliphatic carbocycles. The summed E-state index contributed by atoms with van der Waals surface area (Å²) >= 11 is 0. The van der Waals surface area contributed by atoms with Gasteiger partial charge >= 0.3 is 0 Å². The van der Waals surface area contributed by atoms with E-state index < -0.39 is 0 Å². The highest BCUT2D eigenvalue weighted by Gasteiger charge is 2.07. The third kappa shape index (κ3) is 1.64. The van der Waals surface area contributed by atoms with Gasteiger partial charge in [0.05, 0.1) is 0 Å². The smallest absolute Gasteiger partial charge is 0.251 e. The number of aromatic nitrogens is 3. The fraction of sp³-hybridized carbons (Fsp3) is 0.375. The van der Waals surface area contributed by atoms with Crippen LogP contribution in [0.25, 0.3) is 11.2 Å². The summed E-state index contributed by atoms with van der Waals surface area (Å²) < 4.78 is 5.03. The lowest BCUT2D eigenvalue weighted by molar-refractivity contribution is 0.590. The molecule has 1 unspecified atom stereocenters. The first kappa shape index (κ1) is 8.89. The first-order valence-corrected chi connectivity index (χ1v) is 4.31. The van der Waals surface area contributed by atoms with E-state index in [0.29, 0.717) is 23.6 Å². The molecule has 0 saturated carbocycles. The standard InChI is InChI=1S/C8H11N5O/c1-5(9)2-10-7-6-8(12-3-11-7)14-4-13-6/h3-5H,2,9H2,1H3,(H,10,11,12). The molecule has 14 heavy (non-hydrogen) atoms. The predicted molar refractivity (Wildman–Crippen MR) is 51.7 cm³/mol. The summed E-state index contributed by atoms with van der Waals surface area (Å²) in [5, 5.41) is 3.07. The summed E-state index contributed by atoms with van der Waals surface area (Å²) in [6.45, 7) is 2.55. The molecule has 2 aromatic rings. The van der Waals surface area contributed by atoms with Crippen molar-refractivity contribution in [3.63, 3.8) is 0 Å². The first-order valence-electron chi connectivity index (χ1n) is 4.31. The van der Waals surface area contributed by atoms with Gasteiger partial charge < -0.3 is 15.5 Å². The summed E-state index contributed by atoms with van der Waals surface area (Å²) in [6, 6.07) is 0.0620. The number of nitrogens with zero attached hydrogens (tertiary/aromatic N) is 3. The summed E-state index contributed by atoms with van der Waals surface area (Å²) in [6.07, 6.45) is 2.77. The van der Waals surface area contributed by atoms with E-state index in [9.17, 15) is 0 Å². The predicted octanol–water partition coefficient (Wildman–Crippen LogP) is 0.377. The zero-order valence-electron chi connectivity index (χ0n) is 7.77. The molecule has 2 rings (SSSR count). The van der Waals surface area contributed by atoms with Gasteiger partial charge in [-0.15, -0.1) is 0 Å². The van der Waals surface area contributed by atoms with Gasteiger partial charge in [-0.25, -0.2) is 9.97 Å². The van der Waals surface area contributed by atoms with E-state index in [4.69, 9.17) is 10.2 Å². The lowest BCUT2D eigenvalue weighted by Crippen LogP contribution is -2.25. The van der Waals surface area contributed by atoms with E-state index >= 15 is 0 Å². The first-order chi connectivity index (χ1) is 6.77. The van der Waals surface area contributed by atoms with Gasteiger partial charge in [0.2, 0.25) is 0 Å². The van der Waals surface area contributed by atoms with E-state index in [0.717, 1.165) is 0 Å². The zero-order valence-corrected chi connectivity index (χ0v) is 7.77. The van der Waals surface area contributed by atoms with Crippen LogP contribution in [-0.4, -0.2) is 27.5 Å². The van der Waals surface area contributed by atoms with Crippen molar-refractivity contribution in [2.24, 2.45) is 5.73 Å². The molecule has 0 bridgehead atoms. The molecule has 6 nitrogen and oxygen atoms in total. The molecule has 3 N–H and O–H groups in total. The molecule has 0 amide bonds. The van der Waals surface area contributed by atoms with Crippen LogP contribution in [0.4, 0.5) is 5.82 Å². The second-order valence-corrected chi connectivity index (χ2v) is 3.09. The summed E-state index contributed by atoms with van der Waals surface area (Å²) in [5.41, 5.74) is 6.72. The van der Waals surface area contributed by atoms with Crippen molar-refractivity contribution in [3.8, 4) is 0 Å². The number of fused-ring (bicyclic) bond motifs is 1. The molecule has 0 aromatic carbocycles. The van der Waals surface area contributed by atoms with Gasteiger partial charge in [-0.3, -0.25) is 0 Å². The van der Waals surface area contributed by atoms with Crippen LogP contribution in [0.15, 0.2) is 17.1 Å². The maximum absolute atomic E-state index is 5.61. The van der Waals surface area contributed by atoms with Gasteiger partial charge in [0.25, 0.3) is 5.71 Å². The quantitative estimate of drug-likeness (QED) is 0.732. The highest BCUT2D eigenvalue weighted by Crippen LogP contribution is 2.15. The maximum atomic E-state index is 5.61. The Balaban J connectivity index is 2.27. The van der Waals surface area contributed by atoms with E-state index in [1.165, 1.54) is 12.7 Å². The Labute approximate surface area is 80.6 Å². The largest absolute Gasteiger partial charge is 0.425 e. The molecule has 74 valence electrons. The van der Waals surface area contributed by atoms with Crippen molar-refractivity contribution >= 4 is 17.0 Å². The molecule has 0 aliphatic heterocycles. The number of anilines is 1. The van der Waals surface area contributed by atoms with E-state index in [-0.39, 0.29) is 6.04 Å². The van der Waals surface area contributed by atoms with Gasteiger partial charge in [0, 0.05) is 12.6 Å². The number of nitrogens with one attached hydrogen (secondary N) is 1. The maximum Gasteiger partial charge on any atom is 0.251 e. The van der Waals surface area contributed by atoms with Gasteiger partial charge in [-0.1, -0.05) is 0 Å². The van der Waals surface area contributed by atoms with Crippen LogP contribution >= 0.6 is 0 Å². The third-order valence-corrected chi connectivity index (χ3v) is 1.73. The second-order valence-electron chi connectivity index (χ2n) is 3.09. The highest BCUT2D eigenvalue weighted by atomic mass is 16.3. The zero-order chi connectivity index (χ0) is 9.97. The van der Waals surface area contributed by atoms with Gasteiger partial charge in [0.15, 0.2) is 17.7 Å². The highest BCUT2D eigenvalue weighted by molar-refractivity contribution is 5.80. The number of oxazole rings is 1. The fourth-order valence-corrected chi connectivity index (χ4v) is 1.08. The van der Waals surface area contributed by atoms with Crippen molar-refractivity contribution in [1.82, 2.24) is 15.0 Å². The molecule has 2 aromatic heterocycles. The van der Waals surface area contributed by atoms with E-state index in [1.54, 1.807) is 0 Å². The van der Waals surface area contributed by atoms with Crippen LogP contribution in [-0.2, 0) is 0 Å². The number of hydrogen-bond donors (Lipinski definition) is 2. The normalized spacial score (nSPS) is 13.0. The topological polar surface area (TPSA) is 89.9 Å². The molecule has 0 saturated heterocycles. The van der Waals surface area contributed by atoms with Crippen molar-refractivity contribution in [2.45, 2.75) is 13.0 Å². The molecule has 2 heterocycles. The monoisotopic (exact) mass is 193 g/mol. The number of rotatable bonds is 3. The Morgan fingerprint density at radius 1 is 1.50 bits per heavy atom. The van der Waals surface area contributed by atoms with Crippen LogP contribution in [0.1, 0.15) is 6.92 Å². The third-order valence-electron chi connectivity index (χ3n) is 1.73. The van der Waals surface area contributed by atoms with E-state index in [1.807, 2.05) is 6.92 Å². The van der Waals surface area contributed by atoms with Crippen molar-refractivity contribution < 1.29 is 4.42 Å². The van der Waals surface area contributed by atoms with Gasteiger partial charge in [-0.2, -0.15) is 4.98 Å². The lowest BCUT2D eigenvalue weighted by atomic mass is 10.3. The van der Waals surface area contributed by atoms with Crippen LogP contribution in [0.3, 0.4) is 0 Å². The lowest BCUT2D eigenvalue weighted by Gasteiger charge is -2.07. The molecule has 1 atom stereocenters. The van der Waals surface area contributed by atoms with Gasteiger partial charge in [-0.05, 0) is 6.92 Å². The van der Waals surface area contributed by atoms with Gasteiger partial charge in [0.1, 0.15) is 6.33 Å². The second kappa shape index (κ2) is 3.59. The summed E-state index contributed by atoms with van der Waals surface area (Å²) in [7, 11) is 0. The van der Waals surface area contributed by atoms with Crippen LogP contribution < -0.4 is 11.1 Å². The molecular formula is C8H11N5O. The van der Waals surface area contributed by atoms with Crippen molar-refractivity contribution in [1.29, 1.82) is 0 Å². The SMILES string of the molecule is CC(N)CNc1ncnc2ocnc12. The Bertz CT molecular complexity index is 424. The fourth-order valence-electron chi connectivity index (χ4n) is 1.08. The minimum Gasteiger partial charge on any atom is -0.425 e. The molecule has 0 fully saturated rings. The summed E-state index contributed by atoms with van der Waals surface area (Å²) in [4.78, 5) is 12.0. The molecular weight excluding hydrogens is 182 g/mol. The van der Waals surface area contributed by atoms with Crippen LogP contribution in [0.5, 0.6) is 0 Å². The van der Waals surface area contributed by atoms with Crippen molar-refractivity contribution in [3.05, 3.63) is 12.7 Å². The number of hydrogen-bond acceptors (Lipinski definition) is 6. The average molecular weight is 193 g/mol. The summed E-state index contributed by atoms with van der Waals surface area (Å²) in [5.74, 6) is 0.654. The van der Waals surface area contributed by atoms with Crippen LogP contribution in [0, 0.1) is 0 Å². The molecule has 6 heteroatoms. The Morgan fingerprint density at radius 3 is 3.14 bits per heavy atom. The number of nitrogens with two attached hydrogens (primary N) is 1. The average Bonchev–Trinajstić information content (AvgIpc) is 2.62. The minimum atomic E-state index is 0.0620. The van der Waals surface area contributed by atoms with Crippen LogP contribution in [0.2, 0.25) is 0 Å². The molecule has 0 radical (unpaired) electrons. The Morgan fingerprint density at radius 2 is 2.36 bits per heavy atom. The van der Waals surface area contributed by atoms with E-state index in [2.05, 4.69) is 20.3 Å². The molecule has 0 aliphatic rings. The minimum absolute atomic E-state index is 0.0620. The Kier molecular flexibility index (Phi) is 2.28. The molecule has 0 spiro atoms.